The van der Waals surface area contributed by atoms with E-state index in [1.54, 1.807) is 0 Å². The van der Waals surface area contributed by atoms with Gasteiger partial charge in [-0.15, -0.1) is 0 Å². The molecule has 0 bridgehead atoms. The molecule has 0 saturated carbocycles. The lowest BCUT2D eigenvalue weighted by Crippen LogP contribution is -1.94. The molecule has 104 valence electrons. The number of rotatable bonds is 4. The SMILES string of the molecule is C=NCC.CC(F)C=NCc1ccc2c(c1)CCC2. The van der Waals surface area contributed by atoms with Crippen LogP contribution in [0.3, 0.4) is 0 Å². The van der Waals surface area contributed by atoms with Gasteiger partial charge in [0.15, 0.2) is 0 Å². The van der Waals surface area contributed by atoms with Gasteiger partial charge < -0.3 is 4.99 Å². The van der Waals surface area contributed by atoms with Crippen molar-refractivity contribution in [1.82, 2.24) is 0 Å². The predicted octanol–water partition coefficient (Wildman–Crippen LogP) is 3.81. The van der Waals surface area contributed by atoms with Crippen molar-refractivity contribution in [2.45, 2.75) is 45.8 Å². The van der Waals surface area contributed by atoms with E-state index in [1.807, 2.05) is 6.92 Å². The maximum atomic E-state index is 12.5. The van der Waals surface area contributed by atoms with Crippen molar-refractivity contribution in [2.75, 3.05) is 6.54 Å². The van der Waals surface area contributed by atoms with Crippen molar-refractivity contribution >= 4 is 12.9 Å². The molecule has 1 atom stereocenters. The first-order valence-corrected chi connectivity index (χ1v) is 6.84. The van der Waals surface area contributed by atoms with Crippen molar-refractivity contribution in [1.29, 1.82) is 0 Å². The summed E-state index contributed by atoms with van der Waals surface area (Å²) in [5.74, 6) is 0. The monoisotopic (exact) mass is 262 g/mol. The van der Waals surface area contributed by atoms with E-state index in [0.717, 1.165) is 6.54 Å². The van der Waals surface area contributed by atoms with Crippen LogP contribution in [0.4, 0.5) is 4.39 Å². The Kier molecular flexibility index (Phi) is 7.01. The lowest BCUT2D eigenvalue weighted by Gasteiger charge is -2.02. The second-order valence-corrected chi connectivity index (χ2v) is 4.66. The Morgan fingerprint density at radius 3 is 2.68 bits per heavy atom. The van der Waals surface area contributed by atoms with Gasteiger partial charge in [-0.3, -0.25) is 4.99 Å². The van der Waals surface area contributed by atoms with Crippen LogP contribution in [-0.4, -0.2) is 25.6 Å². The van der Waals surface area contributed by atoms with Crippen molar-refractivity contribution in [3.8, 4) is 0 Å². The molecule has 0 radical (unpaired) electrons. The summed E-state index contributed by atoms with van der Waals surface area (Å²) in [5.41, 5.74) is 4.12. The maximum Gasteiger partial charge on any atom is 0.132 e. The van der Waals surface area contributed by atoms with Crippen LogP contribution in [-0.2, 0) is 19.4 Å². The molecule has 0 fully saturated rings. The molecule has 1 unspecified atom stereocenters. The van der Waals surface area contributed by atoms with Crippen LogP contribution in [0.2, 0.25) is 0 Å². The molecule has 0 spiro atoms. The van der Waals surface area contributed by atoms with E-state index in [4.69, 9.17) is 0 Å². The zero-order valence-corrected chi connectivity index (χ0v) is 11.9. The summed E-state index contributed by atoms with van der Waals surface area (Å²) >= 11 is 0. The van der Waals surface area contributed by atoms with Crippen LogP contribution in [0.5, 0.6) is 0 Å². The van der Waals surface area contributed by atoms with E-state index in [0.29, 0.717) is 6.54 Å². The van der Waals surface area contributed by atoms with Gasteiger partial charge in [-0.1, -0.05) is 18.2 Å². The number of nitrogens with zero attached hydrogens (tertiary/aromatic N) is 2. The van der Waals surface area contributed by atoms with Gasteiger partial charge in [0.25, 0.3) is 0 Å². The molecule has 1 aliphatic rings. The quantitative estimate of drug-likeness (QED) is 0.737. The Balaban J connectivity index is 0.000000399. The van der Waals surface area contributed by atoms with E-state index in [-0.39, 0.29) is 0 Å². The molecule has 1 aromatic carbocycles. The molecule has 0 amide bonds. The lowest BCUT2D eigenvalue weighted by atomic mass is 10.1. The molecule has 2 nitrogen and oxygen atoms in total. The van der Waals surface area contributed by atoms with E-state index in [2.05, 4.69) is 34.9 Å². The standard InChI is InChI=1S/C13H16FN.C3H7N/c1-10(14)8-15-9-11-5-6-12-3-2-4-13(12)7-11;1-3-4-2/h5-8,10H,2-4,9H2,1H3;2-3H2,1H3. The Hall–Kier alpha value is -1.51. The highest BCUT2D eigenvalue weighted by Gasteiger charge is 2.10. The minimum Gasteiger partial charge on any atom is -0.301 e. The third kappa shape index (κ3) is 5.77. The van der Waals surface area contributed by atoms with Gasteiger partial charge in [0.05, 0.1) is 6.54 Å². The third-order valence-corrected chi connectivity index (χ3v) is 2.97. The van der Waals surface area contributed by atoms with Crippen molar-refractivity contribution in [3.63, 3.8) is 0 Å². The van der Waals surface area contributed by atoms with Gasteiger partial charge in [-0.05, 0) is 56.5 Å². The summed E-state index contributed by atoms with van der Waals surface area (Å²) in [5, 5.41) is 0. The maximum absolute atomic E-state index is 12.5. The molecule has 0 heterocycles. The number of hydrogen-bond acceptors (Lipinski definition) is 2. The van der Waals surface area contributed by atoms with Crippen LogP contribution in [0.15, 0.2) is 28.2 Å². The van der Waals surface area contributed by atoms with Gasteiger partial charge in [-0.2, -0.15) is 0 Å². The third-order valence-electron chi connectivity index (χ3n) is 2.97. The molecular weight excluding hydrogens is 239 g/mol. The minimum atomic E-state index is -0.945. The van der Waals surface area contributed by atoms with Gasteiger partial charge >= 0.3 is 0 Å². The number of benzene rings is 1. The average Bonchev–Trinajstić information content (AvgIpc) is 2.86. The number of fused-ring (bicyclic) bond motifs is 1. The summed E-state index contributed by atoms with van der Waals surface area (Å²) in [7, 11) is 0. The first kappa shape index (κ1) is 15.5. The van der Waals surface area contributed by atoms with Crippen LogP contribution < -0.4 is 0 Å². The highest BCUT2D eigenvalue weighted by atomic mass is 19.1. The largest absolute Gasteiger partial charge is 0.301 e. The highest BCUT2D eigenvalue weighted by molar-refractivity contribution is 5.62. The summed E-state index contributed by atoms with van der Waals surface area (Å²) in [4.78, 5) is 7.55. The Morgan fingerprint density at radius 1 is 1.37 bits per heavy atom. The van der Waals surface area contributed by atoms with Gasteiger partial charge in [-0.25, -0.2) is 4.39 Å². The molecule has 0 aliphatic heterocycles. The van der Waals surface area contributed by atoms with E-state index in [1.165, 1.54) is 49.1 Å². The number of halogens is 1. The molecule has 0 aromatic heterocycles. The fraction of sp³-hybridized carbons (Fsp3) is 0.500. The fourth-order valence-corrected chi connectivity index (χ4v) is 2.03. The fourth-order valence-electron chi connectivity index (χ4n) is 2.03. The van der Waals surface area contributed by atoms with Gasteiger partial charge in [0.1, 0.15) is 6.17 Å². The summed E-state index contributed by atoms with van der Waals surface area (Å²) < 4.78 is 12.5. The summed E-state index contributed by atoms with van der Waals surface area (Å²) in [6.07, 6.45) is 4.09. The topological polar surface area (TPSA) is 24.7 Å². The van der Waals surface area contributed by atoms with Crippen molar-refractivity contribution in [2.24, 2.45) is 9.98 Å². The van der Waals surface area contributed by atoms with Crippen LogP contribution >= 0.6 is 0 Å². The van der Waals surface area contributed by atoms with Gasteiger partial charge in [0.2, 0.25) is 0 Å². The van der Waals surface area contributed by atoms with Crippen molar-refractivity contribution < 1.29 is 4.39 Å². The Morgan fingerprint density at radius 2 is 2.05 bits per heavy atom. The lowest BCUT2D eigenvalue weighted by molar-refractivity contribution is 0.460. The molecule has 3 heteroatoms. The summed E-state index contributed by atoms with van der Waals surface area (Å²) in [6, 6.07) is 6.50. The molecule has 2 rings (SSSR count). The van der Waals surface area contributed by atoms with E-state index < -0.39 is 6.17 Å². The second-order valence-electron chi connectivity index (χ2n) is 4.66. The van der Waals surface area contributed by atoms with Crippen molar-refractivity contribution in [3.05, 3.63) is 34.9 Å². The van der Waals surface area contributed by atoms with Gasteiger partial charge in [0, 0.05) is 12.8 Å². The first-order chi connectivity index (χ1) is 9.17. The zero-order chi connectivity index (χ0) is 14.1. The number of alkyl halides is 1. The Bertz CT molecular complexity index is 425. The summed E-state index contributed by atoms with van der Waals surface area (Å²) in [6.45, 7) is 8.10. The number of aryl methyl sites for hydroxylation is 2. The smallest absolute Gasteiger partial charge is 0.132 e. The minimum absolute atomic E-state index is 0.599. The number of hydrogen-bond donors (Lipinski definition) is 0. The first-order valence-electron chi connectivity index (χ1n) is 6.84. The van der Waals surface area contributed by atoms with Crippen LogP contribution in [0.1, 0.15) is 37.0 Å². The molecule has 1 aliphatic carbocycles. The molecule has 1 aromatic rings. The average molecular weight is 262 g/mol. The normalized spacial score (nSPS) is 14.7. The Labute approximate surface area is 115 Å². The molecule has 0 saturated heterocycles. The zero-order valence-electron chi connectivity index (χ0n) is 11.9. The molecule has 19 heavy (non-hydrogen) atoms. The molecule has 0 N–H and O–H groups in total. The van der Waals surface area contributed by atoms with E-state index in [9.17, 15) is 4.39 Å². The predicted molar refractivity (Wildman–Crippen MR) is 81.3 cm³/mol. The molecular formula is C16H23FN2. The second kappa shape index (κ2) is 8.57. The van der Waals surface area contributed by atoms with Crippen LogP contribution in [0, 0.1) is 0 Å². The van der Waals surface area contributed by atoms with Crippen LogP contribution in [0.25, 0.3) is 0 Å². The van der Waals surface area contributed by atoms with E-state index >= 15 is 0 Å². The highest BCUT2D eigenvalue weighted by Crippen LogP contribution is 2.22. The number of aliphatic imine (C=N–C) groups is 2.